The van der Waals surface area contributed by atoms with E-state index >= 15 is 0 Å². The molecule has 0 radical (unpaired) electrons. The Balaban J connectivity index is 1.55. The van der Waals surface area contributed by atoms with Crippen LogP contribution in [-0.4, -0.2) is 23.5 Å². The SMILES string of the molecule is Cc1cnc(CN=C(NCCc2ccco2)NC2CCCC2)s1. The minimum atomic E-state index is 0.544. The molecule has 2 heterocycles. The van der Waals surface area contributed by atoms with Gasteiger partial charge >= 0.3 is 0 Å². The zero-order chi connectivity index (χ0) is 15.9. The van der Waals surface area contributed by atoms with Crippen molar-refractivity contribution >= 4 is 17.3 Å². The van der Waals surface area contributed by atoms with Crippen LogP contribution in [0.3, 0.4) is 0 Å². The van der Waals surface area contributed by atoms with Gasteiger partial charge in [0.2, 0.25) is 0 Å². The van der Waals surface area contributed by atoms with Gasteiger partial charge in [-0.15, -0.1) is 11.3 Å². The summed E-state index contributed by atoms with van der Waals surface area (Å²) in [5.74, 6) is 1.88. The van der Waals surface area contributed by atoms with Crippen molar-refractivity contribution in [1.29, 1.82) is 0 Å². The Hall–Kier alpha value is -1.82. The van der Waals surface area contributed by atoms with E-state index in [1.807, 2.05) is 18.3 Å². The zero-order valence-electron chi connectivity index (χ0n) is 13.5. The maximum absolute atomic E-state index is 5.37. The van der Waals surface area contributed by atoms with E-state index in [1.165, 1.54) is 30.6 Å². The second-order valence-electron chi connectivity index (χ2n) is 5.91. The normalized spacial score (nSPS) is 16.0. The maximum Gasteiger partial charge on any atom is 0.191 e. The summed E-state index contributed by atoms with van der Waals surface area (Å²) >= 11 is 1.71. The summed E-state index contributed by atoms with van der Waals surface area (Å²) in [6.07, 6.45) is 9.56. The fraction of sp³-hybridized carbons (Fsp3) is 0.529. The summed E-state index contributed by atoms with van der Waals surface area (Å²) in [6, 6.07) is 4.47. The van der Waals surface area contributed by atoms with Crippen LogP contribution in [0.2, 0.25) is 0 Å². The number of hydrogen-bond donors (Lipinski definition) is 2. The van der Waals surface area contributed by atoms with E-state index in [0.29, 0.717) is 12.6 Å². The van der Waals surface area contributed by atoms with Crippen molar-refractivity contribution in [2.45, 2.75) is 51.6 Å². The largest absolute Gasteiger partial charge is 0.469 e. The van der Waals surface area contributed by atoms with Crippen molar-refractivity contribution in [3.8, 4) is 0 Å². The molecule has 0 spiro atoms. The van der Waals surface area contributed by atoms with E-state index in [0.717, 1.165) is 29.7 Å². The zero-order valence-corrected chi connectivity index (χ0v) is 14.4. The summed E-state index contributed by atoms with van der Waals surface area (Å²) in [5.41, 5.74) is 0. The number of guanidine groups is 1. The molecule has 0 saturated heterocycles. The first kappa shape index (κ1) is 16.1. The molecule has 2 N–H and O–H groups in total. The van der Waals surface area contributed by atoms with Gasteiger partial charge in [0.25, 0.3) is 0 Å². The molecule has 0 aliphatic heterocycles. The third kappa shape index (κ3) is 5.10. The molecule has 124 valence electrons. The monoisotopic (exact) mass is 332 g/mol. The Bertz CT molecular complexity index is 614. The van der Waals surface area contributed by atoms with E-state index in [-0.39, 0.29) is 0 Å². The molecule has 3 rings (SSSR count). The molecule has 0 amide bonds. The minimum absolute atomic E-state index is 0.544. The van der Waals surface area contributed by atoms with Gasteiger partial charge in [-0.25, -0.2) is 9.98 Å². The molecule has 23 heavy (non-hydrogen) atoms. The number of hydrogen-bond acceptors (Lipinski definition) is 4. The highest BCUT2D eigenvalue weighted by Crippen LogP contribution is 2.17. The van der Waals surface area contributed by atoms with Crippen molar-refractivity contribution < 1.29 is 4.42 Å². The number of aryl methyl sites for hydroxylation is 1. The molecule has 0 bridgehead atoms. The standard InChI is InChI=1S/C17H24N4OS/c1-13-11-19-16(23-13)12-20-17(21-14-5-2-3-6-14)18-9-8-15-7-4-10-22-15/h4,7,10-11,14H,2-3,5-6,8-9,12H2,1H3,(H2,18,20,21). The van der Waals surface area contributed by atoms with Gasteiger partial charge in [-0.05, 0) is 31.9 Å². The molecule has 0 aromatic carbocycles. The molecule has 0 atom stereocenters. The molecule has 2 aromatic heterocycles. The lowest BCUT2D eigenvalue weighted by molar-refractivity contribution is 0.506. The third-order valence-electron chi connectivity index (χ3n) is 3.98. The first-order valence-electron chi connectivity index (χ1n) is 8.28. The van der Waals surface area contributed by atoms with Crippen LogP contribution in [0.5, 0.6) is 0 Å². The lowest BCUT2D eigenvalue weighted by Crippen LogP contribution is -2.43. The summed E-state index contributed by atoms with van der Waals surface area (Å²) in [6.45, 7) is 3.51. The highest BCUT2D eigenvalue weighted by Gasteiger charge is 2.16. The van der Waals surface area contributed by atoms with Crippen LogP contribution >= 0.6 is 11.3 Å². The maximum atomic E-state index is 5.37. The van der Waals surface area contributed by atoms with Crippen molar-refractivity contribution in [1.82, 2.24) is 15.6 Å². The number of rotatable bonds is 6. The minimum Gasteiger partial charge on any atom is -0.469 e. The van der Waals surface area contributed by atoms with E-state index in [9.17, 15) is 0 Å². The topological polar surface area (TPSA) is 62.5 Å². The molecule has 1 saturated carbocycles. The van der Waals surface area contributed by atoms with Gasteiger partial charge in [-0.2, -0.15) is 0 Å². The number of thiazole rings is 1. The van der Waals surface area contributed by atoms with Gasteiger partial charge in [0.05, 0.1) is 12.8 Å². The first-order chi connectivity index (χ1) is 11.3. The number of furan rings is 1. The van der Waals surface area contributed by atoms with Crippen molar-refractivity contribution in [2.75, 3.05) is 6.54 Å². The lowest BCUT2D eigenvalue weighted by Gasteiger charge is -2.17. The van der Waals surface area contributed by atoms with Crippen molar-refractivity contribution in [3.05, 3.63) is 40.2 Å². The number of nitrogens with one attached hydrogen (secondary N) is 2. The smallest absolute Gasteiger partial charge is 0.191 e. The Morgan fingerprint density at radius 1 is 1.43 bits per heavy atom. The lowest BCUT2D eigenvalue weighted by atomic mass is 10.2. The van der Waals surface area contributed by atoms with Gasteiger partial charge in [0, 0.05) is 30.1 Å². The average molecular weight is 332 g/mol. The fourth-order valence-corrected chi connectivity index (χ4v) is 3.51. The van der Waals surface area contributed by atoms with Crippen LogP contribution in [0.4, 0.5) is 0 Å². The summed E-state index contributed by atoms with van der Waals surface area (Å²) in [4.78, 5) is 10.3. The molecule has 2 aromatic rings. The van der Waals surface area contributed by atoms with Gasteiger partial charge in [0.15, 0.2) is 5.96 Å². The summed E-state index contributed by atoms with van der Waals surface area (Å²) in [5, 5.41) is 8.03. The quantitative estimate of drug-likeness (QED) is 0.629. The summed E-state index contributed by atoms with van der Waals surface area (Å²) < 4.78 is 5.37. The molecule has 1 aliphatic carbocycles. The Labute approximate surface area is 141 Å². The van der Waals surface area contributed by atoms with E-state index in [1.54, 1.807) is 17.6 Å². The molecule has 5 nitrogen and oxygen atoms in total. The van der Waals surface area contributed by atoms with Crippen LogP contribution < -0.4 is 10.6 Å². The Morgan fingerprint density at radius 2 is 2.30 bits per heavy atom. The van der Waals surface area contributed by atoms with E-state index in [2.05, 4.69) is 22.5 Å². The number of aliphatic imine (C=N–C) groups is 1. The molecule has 1 aliphatic rings. The van der Waals surface area contributed by atoms with Crippen molar-refractivity contribution in [3.63, 3.8) is 0 Å². The molecule has 1 fully saturated rings. The third-order valence-corrected chi connectivity index (χ3v) is 4.88. The number of aromatic nitrogens is 1. The highest BCUT2D eigenvalue weighted by atomic mass is 32.1. The van der Waals surface area contributed by atoms with Crippen LogP contribution in [0.15, 0.2) is 34.0 Å². The molecular weight excluding hydrogens is 308 g/mol. The average Bonchev–Trinajstić information content (AvgIpc) is 3.27. The van der Waals surface area contributed by atoms with Crippen LogP contribution in [-0.2, 0) is 13.0 Å². The Morgan fingerprint density at radius 3 is 3.00 bits per heavy atom. The molecule has 0 unspecified atom stereocenters. The fourth-order valence-electron chi connectivity index (χ4n) is 2.80. The van der Waals surface area contributed by atoms with Crippen LogP contribution in [0.25, 0.3) is 0 Å². The second-order valence-corrected chi connectivity index (χ2v) is 7.23. The summed E-state index contributed by atoms with van der Waals surface area (Å²) in [7, 11) is 0. The van der Waals surface area contributed by atoms with Gasteiger partial charge in [0.1, 0.15) is 10.8 Å². The van der Waals surface area contributed by atoms with E-state index in [4.69, 9.17) is 9.41 Å². The highest BCUT2D eigenvalue weighted by molar-refractivity contribution is 7.11. The number of nitrogens with zero attached hydrogens (tertiary/aromatic N) is 2. The van der Waals surface area contributed by atoms with Gasteiger partial charge in [-0.1, -0.05) is 12.8 Å². The van der Waals surface area contributed by atoms with Crippen LogP contribution in [0, 0.1) is 6.92 Å². The van der Waals surface area contributed by atoms with Gasteiger partial charge in [-0.3, -0.25) is 0 Å². The first-order valence-corrected chi connectivity index (χ1v) is 9.10. The van der Waals surface area contributed by atoms with E-state index < -0.39 is 0 Å². The van der Waals surface area contributed by atoms with Crippen LogP contribution in [0.1, 0.15) is 41.3 Å². The predicted molar refractivity (Wildman–Crippen MR) is 93.8 cm³/mol. The van der Waals surface area contributed by atoms with Crippen molar-refractivity contribution in [2.24, 2.45) is 4.99 Å². The molecule has 6 heteroatoms. The Kier molecular flexibility index (Phi) is 5.69. The second kappa shape index (κ2) is 8.15. The van der Waals surface area contributed by atoms with Gasteiger partial charge < -0.3 is 15.1 Å². The predicted octanol–water partition coefficient (Wildman–Crippen LogP) is 3.27. The molecular formula is C17H24N4OS.